The summed E-state index contributed by atoms with van der Waals surface area (Å²) in [5.41, 5.74) is -0.432. The second-order valence-corrected chi connectivity index (χ2v) is 7.22. The van der Waals surface area contributed by atoms with Gasteiger partial charge in [0.1, 0.15) is 0 Å². The van der Waals surface area contributed by atoms with E-state index in [1.165, 1.54) is 0 Å². The Morgan fingerprint density at radius 1 is 0.556 bits per heavy atom. The molecule has 0 aliphatic carbocycles. The zero-order chi connectivity index (χ0) is 19.8. The quantitative estimate of drug-likeness (QED) is 0.609. The molecule has 0 aromatic heterocycles. The molecule has 0 N–H and O–H groups in total. The van der Waals surface area contributed by atoms with Crippen molar-refractivity contribution in [3.05, 3.63) is 0 Å². The fourth-order valence-electron chi connectivity index (χ4n) is 2.34. The SMILES string of the molecule is CC(C)(C)C(=O)N1CCOCCOCCOCCOCCOCCOCC1. The molecule has 27 heavy (non-hydrogen) atoms. The van der Waals surface area contributed by atoms with E-state index in [1.54, 1.807) is 4.90 Å². The van der Waals surface area contributed by atoms with Crippen LogP contribution < -0.4 is 0 Å². The van der Waals surface area contributed by atoms with Crippen LogP contribution >= 0.6 is 0 Å². The molecule has 0 bridgehead atoms. The molecule has 0 atom stereocenters. The Morgan fingerprint density at radius 2 is 0.815 bits per heavy atom. The fraction of sp³-hybridized carbons (Fsp3) is 0.947. The average molecular weight is 392 g/mol. The number of carbonyl (C=O) groups is 1. The average Bonchev–Trinajstić information content (AvgIpc) is 2.62. The Morgan fingerprint density at radius 3 is 1.07 bits per heavy atom. The molecule has 160 valence electrons. The van der Waals surface area contributed by atoms with E-state index < -0.39 is 5.41 Å². The third-order valence-corrected chi connectivity index (χ3v) is 3.80. The van der Waals surface area contributed by atoms with Gasteiger partial charge in [-0.2, -0.15) is 0 Å². The Hall–Kier alpha value is -0.770. The fourth-order valence-corrected chi connectivity index (χ4v) is 2.34. The van der Waals surface area contributed by atoms with Crippen molar-refractivity contribution in [1.29, 1.82) is 0 Å². The first-order chi connectivity index (χ1) is 13.0. The van der Waals surface area contributed by atoms with Gasteiger partial charge < -0.3 is 33.3 Å². The first-order valence-electron chi connectivity index (χ1n) is 9.77. The van der Waals surface area contributed by atoms with Crippen molar-refractivity contribution in [3.8, 4) is 0 Å². The molecule has 0 radical (unpaired) electrons. The Labute approximate surface area is 163 Å². The molecule has 1 saturated heterocycles. The summed E-state index contributed by atoms with van der Waals surface area (Å²) in [6.07, 6.45) is 0. The van der Waals surface area contributed by atoms with Gasteiger partial charge >= 0.3 is 0 Å². The minimum absolute atomic E-state index is 0.0925. The van der Waals surface area contributed by atoms with Crippen LogP contribution in [0, 0.1) is 5.41 Å². The predicted octanol–water partition coefficient (Wildman–Crippen LogP) is 0.974. The molecule has 1 heterocycles. The van der Waals surface area contributed by atoms with E-state index in [-0.39, 0.29) is 5.91 Å². The number of ether oxygens (including phenoxy) is 6. The summed E-state index contributed by atoms with van der Waals surface area (Å²) in [6, 6.07) is 0. The summed E-state index contributed by atoms with van der Waals surface area (Å²) in [5, 5.41) is 0. The monoisotopic (exact) mass is 391 g/mol. The number of nitrogens with zero attached hydrogens (tertiary/aromatic N) is 1. The Kier molecular flexibility index (Phi) is 13.7. The van der Waals surface area contributed by atoms with E-state index in [0.717, 1.165) is 0 Å². The highest BCUT2D eigenvalue weighted by Crippen LogP contribution is 2.17. The Balaban J connectivity index is 2.38. The molecule has 0 aromatic rings. The lowest BCUT2D eigenvalue weighted by atomic mass is 9.95. The second kappa shape index (κ2) is 15.2. The number of carbonyl (C=O) groups excluding carboxylic acids is 1. The maximum Gasteiger partial charge on any atom is 0.228 e. The van der Waals surface area contributed by atoms with E-state index in [4.69, 9.17) is 28.4 Å². The van der Waals surface area contributed by atoms with Crippen LogP contribution in [0.25, 0.3) is 0 Å². The van der Waals surface area contributed by atoms with Gasteiger partial charge in [-0.15, -0.1) is 0 Å². The lowest BCUT2D eigenvalue weighted by Crippen LogP contribution is -2.43. The van der Waals surface area contributed by atoms with Gasteiger partial charge in [0.2, 0.25) is 5.91 Å². The topological polar surface area (TPSA) is 75.7 Å². The van der Waals surface area contributed by atoms with E-state index in [0.29, 0.717) is 92.4 Å². The van der Waals surface area contributed by atoms with E-state index in [2.05, 4.69) is 0 Å². The molecule has 1 amide bonds. The van der Waals surface area contributed by atoms with Crippen LogP contribution in [-0.2, 0) is 33.2 Å². The molecule has 1 aliphatic rings. The van der Waals surface area contributed by atoms with Gasteiger partial charge in [-0.3, -0.25) is 4.79 Å². The lowest BCUT2D eigenvalue weighted by molar-refractivity contribution is -0.141. The molecule has 8 nitrogen and oxygen atoms in total. The molecule has 1 aliphatic heterocycles. The lowest BCUT2D eigenvalue weighted by Gasteiger charge is -2.29. The minimum Gasteiger partial charge on any atom is -0.377 e. The van der Waals surface area contributed by atoms with Gasteiger partial charge in [0.05, 0.1) is 79.3 Å². The summed E-state index contributed by atoms with van der Waals surface area (Å²) >= 11 is 0. The van der Waals surface area contributed by atoms with Gasteiger partial charge in [0, 0.05) is 18.5 Å². The van der Waals surface area contributed by atoms with Crippen molar-refractivity contribution >= 4 is 5.91 Å². The first-order valence-corrected chi connectivity index (χ1v) is 9.77. The number of hydrogen-bond donors (Lipinski definition) is 0. The number of rotatable bonds is 0. The maximum absolute atomic E-state index is 12.6. The summed E-state index contributed by atoms with van der Waals surface area (Å²) in [5.74, 6) is 0.0925. The van der Waals surface area contributed by atoms with Crippen LogP contribution in [0.15, 0.2) is 0 Å². The highest BCUT2D eigenvalue weighted by molar-refractivity contribution is 5.81. The first kappa shape index (κ1) is 24.3. The summed E-state index contributed by atoms with van der Waals surface area (Å²) in [6.45, 7) is 13.0. The molecular formula is C19H37NO7. The van der Waals surface area contributed by atoms with Gasteiger partial charge in [-0.1, -0.05) is 20.8 Å². The maximum atomic E-state index is 12.6. The second-order valence-electron chi connectivity index (χ2n) is 7.22. The summed E-state index contributed by atoms with van der Waals surface area (Å²) < 4.78 is 32.9. The van der Waals surface area contributed by atoms with Gasteiger partial charge in [-0.05, 0) is 0 Å². The van der Waals surface area contributed by atoms with Crippen molar-refractivity contribution in [2.45, 2.75) is 20.8 Å². The molecule has 8 heteroatoms. The predicted molar refractivity (Wildman–Crippen MR) is 101 cm³/mol. The third kappa shape index (κ3) is 13.1. The van der Waals surface area contributed by atoms with Crippen LogP contribution in [-0.4, -0.2) is 103 Å². The van der Waals surface area contributed by atoms with Crippen LogP contribution in [0.4, 0.5) is 0 Å². The third-order valence-electron chi connectivity index (χ3n) is 3.80. The van der Waals surface area contributed by atoms with Crippen molar-refractivity contribution in [2.75, 3.05) is 92.4 Å². The van der Waals surface area contributed by atoms with Crippen LogP contribution in [0.2, 0.25) is 0 Å². The molecule has 0 spiro atoms. The van der Waals surface area contributed by atoms with E-state index in [1.807, 2.05) is 20.8 Å². The van der Waals surface area contributed by atoms with Crippen molar-refractivity contribution in [2.24, 2.45) is 5.41 Å². The molecule has 0 unspecified atom stereocenters. The summed E-state index contributed by atoms with van der Waals surface area (Å²) in [4.78, 5) is 14.4. The van der Waals surface area contributed by atoms with Gasteiger partial charge in [0.15, 0.2) is 0 Å². The molecular weight excluding hydrogens is 354 g/mol. The minimum atomic E-state index is -0.432. The van der Waals surface area contributed by atoms with Crippen LogP contribution in [0.1, 0.15) is 20.8 Å². The van der Waals surface area contributed by atoms with E-state index in [9.17, 15) is 4.79 Å². The Bertz CT molecular complexity index is 352. The van der Waals surface area contributed by atoms with Crippen molar-refractivity contribution < 1.29 is 33.2 Å². The van der Waals surface area contributed by atoms with Crippen molar-refractivity contribution in [1.82, 2.24) is 4.90 Å². The standard InChI is InChI=1S/C19H37NO7/c1-19(2,3)18(21)20-4-6-22-8-10-24-12-14-26-16-17-27-15-13-25-11-9-23-7-5-20/h4-17H2,1-3H3. The molecule has 0 saturated carbocycles. The smallest absolute Gasteiger partial charge is 0.228 e. The number of amides is 1. The molecule has 0 aromatic carbocycles. The highest BCUT2D eigenvalue weighted by Gasteiger charge is 2.26. The van der Waals surface area contributed by atoms with Crippen molar-refractivity contribution in [3.63, 3.8) is 0 Å². The van der Waals surface area contributed by atoms with Crippen LogP contribution in [0.5, 0.6) is 0 Å². The van der Waals surface area contributed by atoms with Gasteiger partial charge in [-0.25, -0.2) is 0 Å². The normalized spacial score (nSPS) is 22.0. The molecule has 1 rings (SSSR count). The summed E-state index contributed by atoms with van der Waals surface area (Å²) in [7, 11) is 0. The van der Waals surface area contributed by atoms with Gasteiger partial charge in [0.25, 0.3) is 0 Å². The van der Waals surface area contributed by atoms with E-state index >= 15 is 0 Å². The zero-order valence-corrected chi connectivity index (χ0v) is 17.2. The zero-order valence-electron chi connectivity index (χ0n) is 17.2. The number of hydrogen-bond acceptors (Lipinski definition) is 7. The highest BCUT2D eigenvalue weighted by atomic mass is 16.6. The van der Waals surface area contributed by atoms with Crippen LogP contribution in [0.3, 0.4) is 0 Å². The molecule has 1 fully saturated rings. The largest absolute Gasteiger partial charge is 0.377 e.